The first kappa shape index (κ1) is 13.3. The number of likely N-dealkylation sites (N-methyl/N-ethyl adjacent to an activating group) is 1. The van der Waals surface area contributed by atoms with Crippen LogP contribution in [0.2, 0.25) is 0 Å². The van der Waals surface area contributed by atoms with Crippen molar-refractivity contribution in [1.29, 1.82) is 0 Å². The lowest BCUT2D eigenvalue weighted by Gasteiger charge is -2.13. The molecule has 1 aromatic carbocycles. The summed E-state index contributed by atoms with van der Waals surface area (Å²) < 4.78 is 39.8. The minimum absolute atomic E-state index is 0.0962. The highest BCUT2D eigenvalue weighted by atomic mass is 32.2. The van der Waals surface area contributed by atoms with Gasteiger partial charge in [-0.15, -0.1) is 0 Å². The van der Waals surface area contributed by atoms with E-state index in [-0.39, 0.29) is 16.6 Å². The van der Waals surface area contributed by atoms with Crippen LogP contribution in [-0.2, 0) is 10.0 Å². The first-order chi connectivity index (χ1) is 8.37. The Morgan fingerprint density at radius 1 is 1.44 bits per heavy atom. The molecule has 1 atom stereocenters. The topological polar surface area (TPSA) is 75.4 Å². The number of benzene rings is 1. The van der Waals surface area contributed by atoms with Gasteiger partial charge in [0.15, 0.2) is 0 Å². The average Bonchev–Trinajstić information content (AvgIpc) is 2.61. The lowest BCUT2D eigenvalue weighted by atomic mass is 10.3. The summed E-state index contributed by atoms with van der Waals surface area (Å²) in [5.74, 6) is -0.654. The van der Waals surface area contributed by atoms with Crippen molar-refractivity contribution in [2.75, 3.05) is 25.9 Å². The van der Waals surface area contributed by atoms with Gasteiger partial charge in [0.25, 0.3) is 0 Å². The summed E-state index contributed by atoms with van der Waals surface area (Å²) in [6.07, 6.45) is 0.751. The van der Waals surface area contributed by atoms with Crippen molar-refractivity contribution in [2.45, 2.75) is 17.4 Å². The number of anilines is 1. The van der Waals surface area contributed by atoms with E-state index in [9.17, 15) is 12.8 Å². The maximum Gasteiger partial charge on any atom is 0.241 e. The zero-order chi connectivity index (χ0) is 13.3. The fourth-order valence-electron chi connectivity index (χ4n) is 2.06. The van der Waals surface area contributed by atoms with E-state index in [0.717, 1.165) is 25.1 Å². The second-order valence-corrected chi connectivity index (χ2v) is 6.30. The third-order valence-electron chi connectivity index (χ3n) is 2.92. The smallest absolute Gasteiger partial charge is 0.241 e. The minimum Gasteiger partial charge on any atom is -0.399 e. The molecule has 0 aromatic heterocycles. The molecular formula is C11H16FN3O2S. The van der Waals surface area contributed by atoms with Crippen molar-refractivity contribution >= 4 is 15.7 Å². The molecule has 1 aliphatic rings. The van der Waals surface area contributed by atoms with Gasteiger partial charge in [-0.1, -0.05) is 0 Å². The van der Waals surface area contributed by atoms with Crippen LogP contribution in [0.5, 0.6) is 0 Å². The fraction of sp³-hybridized carbons (Fsp3) is 0.455. The Morgan fingerprint density at radius 3 is 2.72 bits per heavy atom. The number of hydrogen-bond donors (Lipinski definition) is 2. The van der Waals surface area contributed by atoms with E-state index in [1.165, 1.54) is 6.07 Å². The molecule has 1 heterocycles. The van der Waals surface area contributed by atoms with Crippen molar-refractivity contribution in [3.63, 3.8) is 0 Å². The van der Waals surface area contributed by atoms with Crippen LogP contribution in [-0.4, -0.2) is 39.5 Å². The van der Waals surface area contributed by atoms with Gasteiger partial charge in [0, 0.05) is 18.3 Å². The molecule has 1 aromatic rings. The van der Waals surface area contributed by atoms with Crippen LogP contribution in [0.15, 0.2) is 23.1 Å². The molecule has 0 spiro atoms. The van der Waals surface area contributed by atoms with E-state index >= 15 is 0 Å². The van der Waals surface area contributed by atoms with E-state index < -0.39 is 15.8 Å². The summed E-state index contributed by atoms with van der Waals surface area (Å²) >= 11 is 0. The Morgan fingerprint density at radius 2 is 2.17 bits per heavy atom. The number of hydrogen-bond acceptors (Lipinski definition) is 4. The Labute approximate surface area is 106 Å². The molecule has 7 heteroatoms. The Balaban J connectivity index is 2.20. The van der Waals surface area contributed by atoms with Crippen molar-refractivity contribution in [1.82, 2.24) is 9.62 Å². The second-order valence-electron chi connectivity index (χ2n) is 4.59. The molecule has 18 heavy (non-hydrogen) atoms. The number of halogens is 1. The van der Waals surface area contributed by atoms with Gasteiger partial charge in [-0.25, -0.2) is 17.5 Å². The molecule has 2 rings (SSSR count). The number of rotatable bonds is 3. The second kappa shape index (κ2) is 4.83. The molecule has 0 bridgehead atoms. The van der Waals surface area contributed by atoms with Gasteiger partial charge >= 0.3 is 0 Å². The molecule has 0 saturated carbocycles. The van der Waals surface area contributed by atoms with Crippen LogP contribution in [0, 0.1) is 5.82 Å². The Hall–Kier alpha value is -1.18. The summed E-state index contributed by atoms with van der Waals surface area (Å²) in [6.45, 7) is 1.50. The highest BCUT2D eigenvalue weighted by molar-refractivity contribution is 7.89. The SMILES string of the molecule is CN1CCC(NS(=O)(=O)c2cc(N)cc(F)c2)C1. The predicted octanol–water partition coefficient (Wildman–Crippen LogP) is 0.390. The van der Waals surface area contributed by atoms with Gasteiger partial charge in [0.1, 0.15) is 5.82 Å². The molecule has 0 amide bonds. The molecule has 100 valence electrons. The quantitative estimate of drug-likeness (QED) is 0.781. The van der Waals surface area contributed by atoms with Gasteiger partial charge in [-0.2, -0.15) is 0 Å². The van der Waals surface area contributed by atoms with Gasteiger partial charge in [0.2, 0.25) is 10.0 Å². The van der Waals surface area contributed by atoms with E-state index in [1.807, 2.05) is 11.9 Å². The molecule has 0 radical (unpaired) electrons. The summed E-state index contributed by atoms with van der Waals surface area (Å²) in [5, 5.41) is 0. The molecule has 1 fully saturated rings. The largest absolute Gasteiger partial charge is 0.399 e. The number of likely N-dealkylation sites (tertiary alicyclic amines) is 1. The molecular weight excluding hydrogens is 257 g/mol. The first-order valence-corrected chi connectivity index (χ1v) is 7.12. The van der Waals surface area contributed by atoms with E-state index in [0.29, 0.717) is 6.54 Å². The van der Waals surface area contributed by atoms with Gasteiger partial charge in [0.05, 0.1) is 4.90 Å². The number of nitrogens with two attached hydrogens (primary N) is 1. The minimum atomic E-state index is -3.71. The van der Waals surface area contributed by atoms with E-state index in [2.05, 4.69) is 4.72 Å². The van der Waals surface area contributed by atoms with Crippen LogP contribution in [0.4, 0.5) is 10.1 Å². The van der Waals surface area contributed by atoms with Crippen LogP contribution in [0.25, 0.3) is 0 Å². The molecule has 0 aliphatic carbocycles. The normalized spacial score (nSPS) is 21.3. The zero-order valence-corrected chi connectivity index (χ0v) is 10.9. The summed E-state index contributed by atoms with van der Waals surface area (Å²) in [5.41, 5.74) is 5.54. The summed E-state index contributed by atoms with van der Waals surface area (Å²) in [4.78, 5) is 1.90. The Kier molecular flexibility index (Phi) is 3.56. The van der Waals surface area contributed by atoms with Crippen molar-refractivity contribution in [3.05, 3.63) is 24.0 Å². The van der Waals surface area contributed by atoms with Crippen LogP contribution >= 0.6 is 0 Å². The molecule has 5 nitrogen and oxygen atoms in total. The van der Waals surface area contributed by atoms with Crippen LogP contribution in [0.1, 0.15) is 6.42 Å². The van der Waals surface area contributed by atoms with Crippen LogP contribution < -0.4 is 10.5 Å². The van der Waals surface area contributed by atoms with E-state index in [4.69, 9.17) is 5.73 Å². The summed E-state index contributed by atoms with van der Waals surface area (Å²) in [6, 6.07) is 3.17. The molecule has 1 aliphatic heterocycles. The number of nitrogens with one attached hydrogen (secondary N) is 1. The molecule has 3 N–H and O–H groups in total. The van der Waals surface area contributed by atoms with Crippen molar-refractivity contribution in [2.24, 2.45) is 0 Å². The third kappa shape index (κ3) is 2.98. The predicted molar refractivity (Wildman–Crippen MR) is 67.0 cm³/mol. The monoisotopic (exact) mass is 273 g/mol. The van der Waals surface area contributed by atoms with Gasteiger partial charge in [-0.05, 0) is 38.2 Å². The maximum absolute atomic E-state index is 13.2. The van der Waals surface area contributed by atoms with Crippen molar-refractivity contribution < 1.29 is 12.8 Å². The highest BCUT2D eigenvalue weighted by Gasteiger charge is 2.25. The standard InChI is InChI=1S/C11H16FN3O2S/c1-15-3-2-10(7-15)14-18(16,17)11-5-8(12)4-9(13)6-11/h4-6,10,14H,2-3,7,13H2,1H3. The lowest BCUT2D eigenvalue weighted by molar-refractivity contribution is 0.407. The van der Waals surface area contributed by atoms with Gasteiger partial charge < -0.3 is 10.6 Å². The van der Waals surface area contributed by atoms with Crippen LogP contribution in [0.3, 0.4) is 0 Å². The maximum atomic E-state index is 13.2. The molecule has 1 saturated heterocycles. The van der Waals surface area contributed by atoms with E-state index in [1.54, 1.807) is 0 Å². The average molecular weight is 273 g/mol. The lowest BCUT2D eigenvalue weighted by Crippen LogP contribution is -2.36. The molecule has 1 unspecified atom stereocenters. The third-order valence-corrected chi connectivity index (χ3v) is 4.42. The van der Waals surface area contributed by atoms with Crippen molar-refractivity contribution in [3.8, 4) is 0 Å². The number of sulfonamides is 1. The fourth-order valence-corrected chi connectivity index (χ4v) is 3.38. The van der Waals surface area contributed by atoms with Gasteiger partial charge in [-0.3, -0.25) is 0 Å². The Bertz CT molecular complexity index is 527. The zero-order valence-electron chi connectivity index (χ0n) is 10.1. The summed E-state index contributed by atoms with van der Waals surface area (Å²) in [7, 11) is -1.78. The highest BCUT2D eigenvalue weighted by Crippen LogP contribution is 2.17. The number of nitrogen functional groups attached to an aromatic ring is 1. The number of nitrogens with zero attached hydrogens (tertiary/aromatic N) is 1. The first-order valence-electron chi connectivity index (χ1n) is 5.64.